The summed E-state index contributed by atoms with van der Waals surface area (Å²) in [6, 6.07) is 9.24. The molecule has 0 saturated carbocycles. The van der Waals surface area contributed by atoms with Crippen LogP contribution >= 0.6 is 0 Å². The van der Waals surface area contributed by atoms with Gasteiger partial charge >= 0.3 is 0 Å². The van der Waals surface area contributed by atoms with Gasteiger partial charge in [-0.05, 0) is 19.1 Å². The summed E-state index contributed by atoms with van der Waals surface area (Å²) in [5.74, 6) is 0.219. The van der Waals surface area contributed by atoms with Gasteiger partial charge in [-0.3, -0.25) is 9.59 Å². The van der Waals surface area contributed by atoms with Crippen LogP contribution in [0.3, 0.4) is 0 Å². The van der Waals surface area contributed by atoms with E-state index in [-0.39, 0.29) is 11.8 Å². The first-order valence-corrected chi connectivity index (χ1v) is 10.4. The Morgan fingerprint density at radius 2 is 1.97 bits per heavy atom. The number of rotatable bonds is 4. The second kappa shape index (κ2) is 8.88. The predicted octanol–water partition coefficient (Wildman–Crippen LogP) is 1.97. The summed E-state index contributed by atoms with van der Waals surface area (Å²) in [5, 5.41) is 3.45. The molecule has 1 aliphatic heterocycles. The highest BCUT2D eigenvalue weighted by atomic mass is 16.5. The highest BCUT2D eigenvalue weighted by Crippen LogP contribution is 2.27. The van der Waals surface area contributed by atoms with Crippen LogP contribution in [0.5, 0.6) is 0 Å². The van der Waals surface area contributed by atoms with E-state index in [2.05, 4.69) is 15.3 Å². The summed E-state index contributed by atoms with van der Waals surface area (Å²) in [4.78, 5) is 42.6. The van der Waals surface area contributed by atoms with Gasteiger partial charge in [0.25, 0.3) is 11.8 Å². The van der Waals surface area contributed by atoms with Crippen LogP contribution in [-0.2, 0) is 4.74 Å². The van der Waals surface area contributed by atoms with Crippen molar-refractivity contribution >= 4 is 28.7 Å². The summed E-state index contributed by atoms with van der Waals surface area (Å²) in [7, 11) is 5.31. The van der Waals surface area contributed by atoms with Crippen LogP contribution < -0.4 is 10.2 Å². The number of ether oxygens (including phenoxy) is 1. The van der Waals surface area contributed by atoms with E-state index in [9.17, 15) is 9.59 Å². The lowest BCUT2D eigenvalue weighted by Gasteiger charge is -2.33. The molecular formula is C23H26N6O3. The first-order valence-electron chi connectivity index (χ1n) is 10.4. The van der Waals surface area contributed by atoms with Crippen LogP contribution in [0.2, 0.25) is 0 Å². The number of amides is 2. The van der Waals surface area contributed by atoms with Gasteiger partial charge in [0.1, 0.15) is 6.10 Å². The minimum Gasteiger partial charge on any atom is -0.368 e. The molecule has 1 unspecified atom stereocenters. The van der Waals surface area contributed by atoms with Crippen LogP contribution in [-0.4, -0.2) is 72.5 Å². The third-order valence-electron chi connectivity index (χ3n) is 5.49. The van der Waals surface area contributed by atoms with Gasteiger partial charge in [0.05, 0.1) is 41.2 Å². The van der Waals surface area contributed by atoms with Crippen molar-refractivity contribution in [2.45, 2.75) is 13.0 Å². The number of aromatic nitrogens is 3. The number of hydrogen-bond donors (Lipinski definition) is 1. The fourth-order valence-corrected chi connectivity index (χ4v) is 3.75. The maximum absolute atomic E-state index is 13.2. The van der Waals surface area contributed by atoms with E-state index >= 15 is 0 Å². The van der Waals surface area contributed by atoms with Crippen LogP contribution in [0.4, 0.5) is 5.95 Å². The fourth-order valence-electron chi connectivity index (χ4n) is 3.75. The van der Waals surface area contributed by atoms with Gasteiger partial charge in [0, 0.05) is 39.3 Å². The van der Waals surface area contributed by atoms with Crippen LogP contribution in [0.15, 0.2) is 36.5 Å². The van der Waals surface area contributed by atoms with E-state index in [0.29, 0.717) is 53.7 Å². The second-order valence-corrected chi connectivity index (χ2v) is 7.87. The number of fused-ring (bicyclic) bond motifs is 1. The Morgan fingerprint density at radius 1 is 1.19 bits per heavy atom. The highest BCUT2D eigenvalue weighted by molar-refractivity contribution is 6.06. The number of morpholine rings is 1. The predicted molar refractivity (Wildman–Crippen MR) is 121 cm³/mol. The standard InChI is InChI=1S/C23H26N6O3/c1-14-17(12-25-23(26-14)28(3)4)22(31)29-9-10-32-20(13-29)19-11-16(21(30)24-2)15-7-5-6-8-18(15)27-19/h5-8,11-12,20H,9-10,13H2,1-4H3,(H,24,30). The Hall–Kier alpha value is -3.59. The minimum atomic E-state index is -0.442. The Labute approximate surface area is 186 Å². The normalized spacial score (nSPS) is 16.1. The molecule has 166 valence electrons. The molecular weight excluding hydrogens is 408 g/mol. The number of anilines is 1. The molecule has 4 rings (SSSR count). The molecule has 2 aromatic heterocycles. The molecule has 1 aromatic carbocycles. The average molecular weight is 435 g/mol. The molecule has 3 aromatic rings. The number of carbonyl (C=O) groups excluding carboxylic acids is 2. The lowest BCUT2D eigenvalue weighted by molar-refractivity contribution is -0.0246. The zero-order valence-corrected chi connectivity index (χ0v) is 18.6. The fraction of sp³-hybridized carbons (Fsp3) is 0.348. The van der Waals surface area contributed by atoms with Gasteiger partial charge in [-0.1, -0.05) is 18.2 Å². The Kier molecular flexibility index (Phi) is 6.00. The molecule has 9 nitrogen and oxygen atoms in total. The van der Waals surface area contributed by atoms with Crippen molar-refractivity contribution < 1.29 is 14.3 Å². The molecule has 1 N–H and O–H groups in total. The van der Waals surface area contributed by atoms with Gasteiger partial charge in [-0.2, -0.15) is 0 Å². The Balaban J connectivity index is 1.63. The van der Waals surface area contributed by atoms with Crippen molar-refractivity contribution in [1.29, 1.82) is 0 Å². The summed E-state index contributed by atoms with van der Waals surface area (Å²) in [6.45, 7) is 2.96. The average Bonchev–Trinajstić information content (AvgIpc) is 2.82. The summed E-state index contributed by atoms with van der Waals surface area (Å²) in [5.41, 5.74) is 2.95. The molecule has 1 saturated heterocycles. The second-order valence-electron chi connectivity index (χ2n) is 7.87. The zero-order valence-electron chi connectivity index (χ0n) is 18.6. The van der Waals surface area contributed by atoms with Gasteiger partial charge in [0.15, 0.2) is 0 Å². The Bertz CT molecular complexity index is 1180. The van der Waals surface area contributed by atoms with Crippen molar-refractivity contribution in [3.05, 3.63) is 59.0 Å². The number of carbonyl (C=O) groups is 2. The lowest BCUT2D eigenvalue weighted by Crippen LogP contribution is -2.43. The maximum atomic E-state index is 13.2. The first-order chi connectivity index (χ1) is 15.4. The maximum Gasteiger partial charge on any atom is 0.257 e. The topological polar surface area (TPSA) is 101 Å². The zero-order chi connectivity index (χ0) is 22.8. The number of benzene rings is 1. The molecule has 2 amide bonds. The summed E-state index contributed by atoms with van der Waals surface area (Å²) >= 11 is 0. The van der Waals surface area contributed by atoms with Crippen LogP contribution in [0.25, 0.3) is 10.9 Å². The van der Waals surface area contributed by atoms with Gasteiger partial charge in [-0.25, -0.2) is 15.0 Å². The van der Waals surface area contributed by atoms with Crippen molar-refractivity contribution in [3.63, 3.8) is 0 Å². The molecule has 0 bridgehead atoms. The van der Waals surface area contributed by atoms with Gasteiger partial charge in [-0.15, -0.1) is 0 Å². The van der Waals surface area contributed by atoms with Crippen molar-refractivity contribution in [1.82, 2.24) is 25.2 Å². The van der Waals surface area contributed by atoms with Crippen LogP contribution in [0.1, 0.15) is 38.2 Å². The number of nitrogens with one attached hydrogen (secondary N) is 1. The smallest absolute Gasteiger partial charge is 0.257 e. The van der Waals surface area contributed by atoms with Crippen molar-refractivity contribution in [2.75, 3.05) is 45.7 Å². The molecule has 1 atom stereocenters. The van der Waals surface area contributed by atoms with Crippen LogP contribution in [0, 0.1) is 6.92 Å². The summed E-state index contributed by atoms with van der Waals surface area (Å²) in [6.07, 6.45) is 1.13. The lowest BCUT2D eigenvalue weighted by atomic mass is 10.0. The largest absolute Gasteiger partial charge is 0.368 e. The number of para-hydroxylation sites is 1. The molecule has 3 heterocycles. The number of pyridine rings is 1. The van der Waals surface area contributed by atoms with E-state index in [1.807, 2.05) is 38.4 Å². The van der Waals surface area contributed by atoms with Gasteiger partial charge < -0.3 is 19.9 Å². The third-order valence-corrected chi connectivity index (χ3v) is 5.49. The molecule has 0 aliphatic carbocycles. The van der Waals surface area contributed by atoms with E-state index < -0.39 is 6.10 Å². The molecule has 32 heavy (non-hydrogen) atoms. The van der Waals surface area contributed by atoms with Gasteiger partial charge in [0.2, 0.25) is 5.95 Å². The highest BCUT2D eigenvalue weighted by Gasteiger charge is 2.29. The quantitative estimate of drug-likeness (QED) is 0.670. The minimum absolute atomic E-state index is 0.145. The van der Waals surface area contributed by atoms with Crippen molar-refractivity contribution in [2.24, 2.45) is 0 Å². The van der Waals surface area contributed by atoms with E-state index in [4.69, 9.17) is 9.72 Å². The molecule has 0 radical (unpaired) electrons. The third kappa shape index (κ3) is 4.11. The SMILES string of the molecule is CNC(=O)c1cc(C2CN(C(=O)c3cnc(N(C)C)nc3C)CCO2)nc2ccccc12. The number of nitrogens with zero attached hydrogens (tertiary/aromatic N) is 5. The Morgan fingerprint density at radius 3 is 2.69 bits per heavy atom. The first kappa shape index (κ1) is 21.6. The molecule has 9 heteroatoms. The number of hydrogen-bond acceptors (Lipinski definition) is 7. The molecule has 1 aliphatic rings. The van der Waals surface area contributed by atoms with E-state index in [1.54, 1.807) is 36.0 Å². The van der Waals surface area contributed by atoms with E-state index in [0.717, 1.165) is 5.39 Å². The van der Waals surface area contributed by atoms with Crippen molar-refractivity contribution in [3.8, 4) is 0 Å². The summed E-state index contributed by atoms with van der Waals surface area (Å²) < 4.78 is 5.95. The molecule has 0 spiro atoms. The van der Waals surface area contributed by atoms with E-state index in [1.165, 1.54) is 0 Å². The number of aryl methyl sites for hydroxylation is 1. The monoisotopic (exact) mass is 434 g/mol. The molecule has 1 fully saturated rings.